The van der Waals surface area contributed by atoms with E-state index in [-0.39, 0.29) is 12.5 Å². The summed E-state index contributed by atoms with van der Waals surface area (Å²) in [6.45, 7) is 4.74. The Morgan fingerprint density at radius 3 is 2.88 bits per heavy atom. The van der Waals surface area contributed by atoms with Crippen LogP contribution < -0.4 is 5.32 Å². The number of piperidine rings is 1. The summed E-state index contributed by atoms with van der Waals surface area (Å²) in [6, 6.07) is 8.01. The Balaban J connectivity index is 1.78. The van der Waals surface area contributed by atoms with Crippen LogP contribution in [-0.4, -0.2) is 47.3 Å². The second-order valence-corrected chi connectivity index (χ2v) is 7.23. The van der Waals surface area contributed by atoms with Crippen molar-refractivity contribution in [3.8, 4) is 6.07 Å². The van der Waals surface area contributed by atoms with Crippen LogP contribution in [-0.2, 0) is 15.1 Å². The summed E-state index contributed by atoms with van der Waals surface area (Å²) in [7, 11) is 0. The van der Waals surface area contributed by atoms with Crippen molar-refractivity contribution in [3.63, 3.8) is 0 Å². The summed E-state index contributed by atoms with van der Waals surface area (Å²) in [5, 5.41) is 11.7. The summed E-state index contributed by atoms with van der Waals surface area (Å²) in [5.74, 6) is -0.263. The van der Waals surface area contributed by atoms with E-state index in [2.05, 4.69) is 12.2 Å². The first-order chi connectivity index (χ1) is 12.3. The fourth-order valence-electron chi connectivity index (χ4n) is 3.59. The second kappa shape index (κ2) is 6.79. The average molecular weight is 354 g/mol. The minimum Gasteiger partial charge on any atom is -0.341 e. The summed E-state index contributed by atoms with van der Waals surface area (Å²) in [4.78, 5) is 40.5. The van der Waals surface area contributed by atoms with Crippen molar-refractivity contribution in [2.45, 2.75) is 32.2 Å². The zero-order valence-corrected chi connectivity index (χ0v) is 15.0. The molecule has 136 valence electrons. The molecule has 26 heavy (non-hydrogen) atoms. The Morgan fingerprint density at radius 2 is 2.19 bits per heavy atom. The van der Waals surface area contributed by atoms with E-state index in [4.69, 9.17) is 5.26 Å². The van der Waals surface area contributed by atoms with E-state index in [0.717, 1.165) is 17.7 Å². The van der Waals surface area contributed by atoms with E-state index in [1.54, 1.807) is 36.1 Å². The van der Waals surface area contributed by atoms with Crippen molar-refractivity contribution in [1.82, 2.24) is 15.1 Å². The standard InChI is InChI=1S/C19H22N4O3/c1-13-5-4-8-22(11-13)16(24)12-23-17(25)19(2,21-18(23)26)15-7-3-6-14(9-15)10-20/h3,6-7,9,13H,4-5,8,11-12H2,1-2H3,(H,21,26)/t13-,19+/m0/s1. The van der Waals surface area contributed by atoms with Crippen LogP contribution in [0, 0.1) is 17.2 Å². The molecule has 3 rings (SSSR count). The quantitative estimate of drug-likeness (QED) is 0.834. The smallest absolute Gasteiger partial charge is 0.325 e. The molecule has 2 saturated heterocycles. The van der Waals surface area contributed by atoms with Gasteiger partial charge in [0.15, 0.2) is 0 Å². The lowest BCUT2D eigenvalue weighted by atomic mass is 9.91. The molecule has 7 heteroatoms. The summed E-state index contributed by atoms with van der Waals surface area (Å²) >= 11 is 0. The van der Waals surface area contributed by atoms with E-state index in [1.165, 1.54) is 0 Å². The number of nitrogens with zero attached hydrogens (tertiary/aromatic N) is 3. The van der Waals surface area contributed by atoms with Crippen LogP contribution in [0.25, 0.3) is 0 Å². The third kappa shape index (κ3) is 3.15. The van der Waals surface area contributed by atoms with E-state index < -0.39 is 17.5 Å². The molecule has 4 amide bonds. The van der Waals surface area contributed by atoms with Crippen LogP contribution in [0.2, 0.25) is 0 Å². The Hall–Kier alpha value is -2.88. The van der Waals surface area contributed by atoms with Crippen LogP contribution in [0.3, 0.4) is 0 Å². The lowest BCUT2D eigenvalue weighted by Gasteiger charge is -2.31. The number of likely N-dealkylation sites (tertiary alicyclic amines) is 1. The molecule has 2 atom stereocenters. The van der Waals surface area contributed by atoms with Gasteiger partial charge < -0.3 is 10.2 Å². The maximum Gasteiger partial charge on any atom is 0.325 e. The third-order valence-electron chi connectivity index (χ3n) is 5.15. The maximum atomic E-state index is 12.9. The topological polar surface area (TPSA) is 93.5 Å². The average Bonchev–Trinajstić information content (AvgIpc) is 2.86. The maximum absolute atomic E-state index is 12.9. The predicted molar refractivity (Wildman–Crippen MR) is 93.7 cm³/mol. The highest BCUT2D eigenvalue weighted by Crippen LogP contribution is 2.29. The molecule has 1 aromatic rings. The molecule has 1 N–H and O–H groups in total. The zero-order chi connectivity index (χ0) is 18.9. The number of hydrogen-bond donors (Lipinski definition) is 1. The van der Waals surface area contributed by atoms with Crippen molar-refractivity contribution in [1.29, 1.82) is 5.26 Å². The zero-order valence-electron chi connectivity index (χ0n) is 15.0. The molecule has 0 spiro atoms. The Morgan fingerprint density at radius 1 is 1.42 bits per heavy atom. The SMILES string of the molecule is C[C@H]1CCCN(C(=O)CN2C(=O)N[C@](C)(c3cccc(C#N)c3)C2=O)C1. The van der Waals surface area contributed by atoms with Crippen molar-refractivity contribution in [3.05, 3.63) is 35.4 Å². The normalized spacial score (nSPS) is 25.8. The van der Waals surface area contributed by atoms with Gasteiger partial charge >= 0.3 is 6.03 Å². The fraction of sp³-hybridized carbons (Fsp3) is 0.474. The van der Waals surface area contributed by atoms with E-state index in [1.807, 2.05) is 6.07 Å². The van der Waals surface area contributed by atoms with Gasteiger partial charge in [-0.3, -0.25) is 14.5 Å². The molecule has 2 fully saturated rings. The number of imide groups is 1. The van der Waals surface area contributed by atoms with E-state index in [9.17, 15) is 14.4 Å². The van der Waals surface area contributed by atoms with Gasteiger partial charge in [0.1, 0.15) is 12.1 Å². The highest BCUT2D eigenvalue weighted by Gasteiger charge is 2.49. The molecule has 0 aromatic heterocycles. The summed E-state index contributed by atoms with van der Waals surface area (Å²) < 4.78 is 0. The Bertz CT molecular complexity index is 800. The van der Waals surface area contributed by atoms with Crippen molar-refractivity contribution < 1.29 is 14.4 Å². The molecule has 0 aliphatic carbocycles. The Kier molecular flexibility index (Phi) is 4.68. The van der Waals surface area contributed by atoms with Crippen LogP contribution in [0.4, 0.5) is 4.79 Å². The molecule has 0 saturated carbocycles. The van der Waals surface area contributed by atoms with Gasteiger partial charge in [0.2, 0.25) is 5.91 Å². The molecule has 0 radical (unpaired) electrons. The number of urea groups is 1. The molecule has 2 heterocycles. The van der Waals surface area contributed by atoms with Crippen molar-refractivity contribution in [2.75, 3.05) is 19.6 Å². The Labute approximate surface area is 152 Å². The highest BCUT2D eigenvalue weighted by atomic mass is 16.2. The number of rotatable bonds is 3. The molecular formula is C19H22N4O3. The van der Waals surface area contributed by atoms with Gasteiger partial charge in [-0.05, 0) is 43.4 Å². The summed E-state index contributed by atoms with van der Waals surface area (Å²) in [5.41, 5.74) is -0.349. The van der Waals surface area contributed by atoms with Crippen LogP contribution >= 0.6 is 0 Å². The number of carbonyl (C=O) groups excluding carboxylic acids is 3. The van der Waals surface area contributed by atoms with Gasteiger partial charge in [-0.1, -0.05) is 19.1 Å². The first kappa shape index (κ1) is 17.9. The molecule has 7 nitrogen and oxygen atoms in total. The molecule has 0 unspecified atom stereocenters. The van der Waals surface area contributed by atoms with Gasteiger partial charge in [0.05, 0.1) is 11.6 Å². The van der Waals surface area contributed by atoms with Gasteiger partial charge in [0, 0.05) is 13.1 Å². The van der Waals surface area contributed by atoms with E-state index >= 15 is 0 Å². The number of amides is 4. The predicted octanol–water partition coefficient (Wildman–Crippen LogP) is 1.58. The van der Waals surface area contributed by atoms with Crippen molar-refractivity contribution in [2.24, 2.45) is 5.92 Å². The van der Waals surface area contributed by atoms with Crippen molar-refractivity contribution >= 4 is 17.8 Å². The molecule has 0 bridgehead atoms. The van der Waals surface area contributed by atoms with E-state index in [0.29, 0.717) is 30.1 Å². The van der Waals surface area contributed by atoms with Gasteiger partial charge in [-0.15, -0.1) is 0 Å². The third-order valence-corrected chi connectivity index (χ3v) is 5.15. The van der Waals surface area contributed by atoms with Crippen LogP contribution in [0.5, 0.6) is 0 Å². The minimum atomic E-state index is -1.28. The number of hydrogen-bond acceptors (Lipinski definition) is 4. The second-order valence-electron chi connectivity index (χ2n) is 7.23. The molecule has 1 aromatic carbocycles. The largest absolute Gasteiger partial charge is 0.341 e. The number of nitrogens with one attached hydrogen (secondary N) is 1. The molecule has 2 aliphatic rings. The lowest BCUT2D eigenvalue weighted by molar-refractivity contribution is -0.139. The number of benzene rings is 1. The van der Waals surface area contributed by atoms with Gasteiger partial charge in [-0.25, -0.2) is 4.79 Å². The number of nitriles is 1. The number of carbonyl (C=O) groups is 3. The fourth-order valence-corrected chi connectivity index (χ4v) is 3.59. The van der Waals surface area contributed by atoms with Crippen LogP contribution in [0.15, 0.2) is 24.3 Å². The molecule has 2 aliphatic heterocycles. The first-order valence-corrected chi connectivity index (χ1v) is 8.77. The monoisotopic (exact) mass is 354 g/mol. The summed E-state index contributed by atoms with van der Waals surface area (Å²) in [6.07, 6.45) is 2.02. The first-order valence-electron chi connectivity index (χ1n) is 8.77. The van der Waals surface area contributed by atoms with Gasteiger partial charge in [-0.2, -0.15) is 5.26 Å². The van der Waals surface area contributed by atoms with Crippen LogP contribution in [0.1, 0.15) is 37.8 Å². The minimum absolute atomic E-state index is 0.213. The van der Waals surface area contributed by atoms with Gasteiger partial charge in [0.25, 0.3) is 5.91 Å². The lowest BCUT2D eigenvalue weighted by Crippen LogP contribution is -2.47. The molecular weight excluding hydrogens is 332 g/mol. The highest BCUT2D eigenvalue weighted by molar-refractivity contribution is 6.09.